The Labute approximate surface area is 130 Å². The molecule has 0 fully saturated rings. The molecule has 0 heterocycles. The Morgan fingerprint density at radius 3 is 2.43 bits per heavy atom. The van der Waals surface area contributed by atoms with Crippen molar-refractivity contribution in [2.45, 2.75) is 26.4 Å². The van der Waals surface area contributed by atoms with Crippen LogP contribution in [-0.2, 0) is 17.3 Å². The van der Waals surface area contributed by atoms with E-state index in [2.05, 4.69) is 49.5 Å². The van der Waals surface area contributed by atoms with Crippen LogP contribution in [0.25, 0.3) is 0 Å². The molecule has 3 heteroatoms. The van der Waals surface area contributed by atoms with Crippen molar-refractivity contribution in [2.75, 3.05) is 12.0 Å². The van der Waals surface area contributed by atoms with Gasteiger partial charge in [-0.15, -0.1) is 0 Å². The summed E-state index contributed by atoms with van der Waals surface area (Å²) >= 11 is 0. The predicted molar refractivity (Wildman–Crippen MR) is 90.9 cm³/mol. The van der Waals surface area contributed by atoms with Crippen LogP contribution >= 0.6 is 0 Å². The molecule has 2 nitrogen and oxygen atoms in total. The number of benzene rings is 2. The van der Waals surface area contributed by atoms with Gasteiger partial charge in [0.25, 0.3) is 0 Å². The highest BCUT2D eigenvalue weighted by atomic mass is 32.2. The maximum Gasteiger partial charge on any atom is 0.0439 e. The average Bonchev–Trinajstić information content (AvgIpc) is 2.45. The summed E-state index contributed by atoms with van der Waals surface area (Å²) in [7, 11) is -0.826. The van der Waals surface area contributed by atoms with Crippen LogP contribution in [0.15, 0.2) is 48.5 Å². The quantitative estimate of drug-likeness (QED) is 0.884. The average molecular weight is 301 g/mol. The van der Waals surface area contributed by atoms with E-state index in [1.165, 1.54) is 22.3 Å². The first kappa shape index (κ1) is 15.9. The summed E-state index contributed by atoms with van der Waals surface area (Å²) in [5.74, 6) is 0.634. The second-order valence-electron chi connectivity index (χ2n) is 5.51. The summed E-state index contributed by atoms with van der Waals surface area (Å²) in [6.07, 6.45) is 1.76. The van der Waals surface area contributed by atoms with Gasteiger partial charge in [-0.05, 0) is 30.5 Å². The number of hydrogen-bond donors (Lipinski definition) is 1. The van der Waals surface area contributed by atoms with Gasteiger partial charge in [-0.25, -0.2) is 0 Å². The molecule has 112 valence electrons. The fourth-order valence-corrected chi connectivity index (χ4v) is 3.25. The van der Waals surface area contributed by atoms with Gasteiger partial charge in [0, 0.05) is 35.4 Å². The van der Waals surface area contributed by atoms with Crippen LogP contribution in [0.5, 0.6) is 0 Å². The third kappa shape index (κ3) is 4.80. The fourth-order valence-electron chi connectivity index (χ4n) is 2.47. The highest BCUT2D eigenvalue weighted by Gasteiger charge is 2.13. The van der Waals surface area contributed by atoms with Gasteiger partial charge in [-0.1, -0.05) is 54.1 Å². The summed E-state index contributed by atoms with van der Waals surface area (Å²) < 4.78 is 11.6. The molecule has 1 N–H and O–H groups in total. The van der Waals surface area contributed by atoms with Crippen molar-refractivity contribution in [2.24, 2.45) is 0 Å². The SMILES string of the molecule is Cc1ccc(CN[C@H](C[S@](C)=O)c2ccccc2)c(C)c1. The van der Waals surface area contributed by atoms with Crippen LogP contribution in [0.3, 0.4) is 0 Å². The van der Waals surface area contributed by atoms with Crippen molar-refractivity contribution in [1.82, 2.24) is 5.32 Å². The number of aryl methyl sites for hydroxylation is 2. The summed E-state index contributed by atoms with van der Waals surface area (Å²) in [5, 5.41) is 3.55. The Hall–Kier alpha value is -1.45. The van der Waals surface area contributed by atoms with Gasteiger partial charge in [-0.2, -0.15) is 0 Å². The zero-order valence-corrected chi connectivity index (χ0v) is 13.7. The first-order valence-corrected chi connectivity index (χ1v) is 8.93. The molecule has 0 spiro atoms. The van der Waals surface area contributed by atoms with Gasteiger partial charge < -0.3 is 5.32 Å². The van der Waals surface area contributed by atoms with Crippen LogP contribution in [0.1, 0.15) is 28.3 Å². The largest absolute Gasteiger partial charge is 0.305 e. The minimum atomic E-state index is -0.826. The van der Waals surface area contributed by atoms with E-state index in [1.807, 2.05) is 18.2 Å². The molecule has 2 rings (SSSR count). The van der Waals surface area contributed by atoms with E-state index < -0.39 is 10.8 Å². The van der Waals surface area contributed by atoms with Crippen LogP contribution in [0.2, 0.25) is 0 Å². The van der Waals surface area contributed by atoms with E-state index in [1.54, 1.807) is 6.26 Å². The van der Waals surface area contributed by atoms with E-state index >= 15 is 0 Å². The third-order valence-electron chi connectivity index (χ3n) is 3.64. The first-order valence-electron chi connectivity index (χ1n) is 7.21. The zero-order chi connectivity index (χ0) is 15.2. The molecule has 0 radical (unpaired) electrons. The molecule has 0 aliphatic rings. The Morgan fingerprint density at radius 1 is 1.10 bits per heavy atom. The Kier molecular flexibility index (Phi) is 5.71. The molecule has 0 unspecified atom stereocenters. The maximum absolute atomic E-state index is 11.6. The smallest absolute Gasteiger partial charge is 0.0439 e. The van der Waals surface area contributed by atoms with Crippen molar-refractivity contribution in [3.05, 3.63) is 70.8 Å². The topological polar surface area (TPSA) is 29.1 Å². The highest BCUT2D eigenvalue weighted by Crippen LogP contribution is 2.16. The Balaban J connectivity index is 2.10. The van der Waals surface area contributed by atoms with E-state index in [0.717, 1.165) is 6.54 Å². The molecule has 0 aliphatic heterocycles. The van der Waals surface area contributed by atoms with E-state index in [0.29, 0.717) is 5.75 Å². The molecule has 2 aromatic carbocycles. The van der Waals surface area contributed by atoms with Crippen molar-refractivity contribution in [3.63, 3.8) is 0 Å². The van der Waals surface area contributed by atoms with Gasteiger partial charge in [0.05, 0.1) is 0 Å². The van der Waals surface area contributed by atoms with Gasteiger partial charge in [0.2, 0.25) is 0 Å². The molecule has 0 aromatic heterocycles. The molecule has 0 saturated carbocycles. The Morgan fingerprint density at radius 2 is 1.81 bits per heavy atom. The second kappa shape index (κ2) is 7.53. The van der Waals surface area contributed by atoms with Crippen LogP contribution in [0, 0.1) is 13.8 Å². The lowest BCUT2D eigenvalue weighted by Crippen LogP contribution is -2.26. The molecular weight excluding hydrogens is 278 g/mol. The Bertz CT molecular complexity index is 610. The minimum Gasteiger partial charge on any atom is -0.305 e. The zero-order valence-electron chi connectivity index (χ0n) is 12.9. The second-order valence-corrected chi connectivity index (χ2v) is 6.99. The van der Waals surface area contributed by atoms with Gasteiger partial charge >= 0.3 is 0 Å². The van der Waals surface area contributed by atoms with E-state index in [9.17, 15) is 4.21 Å². The number of hydrogen-bond acceptors (Lipinski definition) is 2. The predicted octanol–water partition coefficient (Wildman–Crippen LogP) is 3.51. The van der Waals surface area contributed by atoms with Crippen LogP contribution in [-0.4, -0.2) is 16.2 Å². The van der Waals surface area contributed by atoms with Crippen molar-refractivity contribution in [3.8, 4) is 0 Å². The molecule has 21 heavy (non-hydrogen) atoms. The molecule has 2 atom stereocenters. The molecule has 0 saturated heterocycles. The number of nitrogens with one attached hydrogen (secondary N) is 1. The monoisotopic (exact) mass is 301 g/mol. The summed E-state index contributed by atoms with van der Waals surface area (Å²) in [6, 6.07) is 16.9. The highest BCUT2D eigenvalue weighted by molar-refractivity contribution is 7.84. The van der Waals surface area contributed by atoms with Crippen LogP contribution in [0.4, 0.5) is 0 Å². The van der Waals surface area contributed by atoms with Gasteiger partial charge in [-0.3, -0.25) is 4.21 Å². The molecule has 0 amide bonds. The van der Waals surface area contributed by atoms with Crippen molar-refractivity contribution < 1.29 is 4.21 Å². The summed E-state index contributed by atoms with van der Waals surface area (Å²) in [5.41, 5.74) is 5.07. The maximum atomic E-state index is 11.6. The minimum absolute atomic E-state index is 0.123. The molecule has 2 aromatic rings. The lowest BCUT2D eigenvalue weighted by molar-refractivity contribution is 0.573. The van der Waals surface area contributed by atoms with Crippen LogP contribution < -0.4 is 5.32 Å². The summed E-state index contributed by atoms with van der Waals surface area (Å²) in [6.45, 7) is 5.04. The first-order chi connectivity index (χ1) is 10.1. The molecule has 0 bridgehead atoms. The molecule has 0 aliphatic carbocycles. The lowest BCUT2D eigenvalue weighted by atomic mass is 10.0. The molecular formula is C18H23NOS. The van der Waals surface area contributed by atoms with Gasteiger partial charge in [0.15, 0.2) is 0 Å². The summed E-state index contributed by atoms with van der Waals surface area (Å²) in [4.78, 5) is 0. The normalized spacial score (nSPS) is 13.9. The van der Waals surface area contributed by atoms with Crippen molar-refractivity contribution in [1.29, 1.82) is 0 Å². The third-order valence-corrected chi connectivity index (χ3v) is 4.44. The van der Waals surface area contributed by atoms with Crippen molar-refractivity contribution >= 4 is 10.8 Å². The van der Waals surface area contributed by atoms with E-state index in [4.69, 9.17) is 0 Å². The van der Waals surface area contributed by atoms with E-state index in [-0.39, 0.29) is 6.04 Å². The number of rotatable bonds is 6. The fraction of sp³-hybridized carbons (Fsp3) is 0.333. The lowest BCUT2D eigenvalue weighted by Gasteiger charge is -2.19. The standard InChI is InChI=1S/C18H23NOS/c1-14-9-10-17(15(2)11-14)12-19-18(13-21(3)20)16-7-5-4-6-8-16/h4-11,18-19H,12-13H2,1-3H3/t18-,21+/m1/s1. The van der Waals surface area contributed by atoms with Gasteiger partial charge in [0.1, 0.15) is 0 Å².